The van der Waals surface area contributed by atoms with Crippen molar-refractivity contribution < 1.29 is 19.4 Å². The largest absolute Gasteiger partial charge is 0.497 e. The van der Waals surface area contributed by atoms with Gasteiger partial charge in [0.2, 0.25) is 5.91 Å². The van der Waals surface area contributed by atoms with E-state index in [0.717, 1.165) is 36.3 Å². The van der Waals surface area contributed by atoms with Crippen molar-refractivity contribution >= 4 is 5.91 Å². The van der Waals surface area contributed by atoms with Crippen LogP contribution in [0.1, 0.15) is 19.3 Å². The van der Waals surface area contributed by atoms with Crippen LogP contribution in [0.25, 0.3) is 11.3 Å². The summed E-state index contributed by atoms with van der Waals surface area (Å²) < 4.78 is 13.1. The van der Waals surface area contributed by atoms with E-state index in [1.165, 1.54) is 0 Å². The zero-order chi connectivity index (χ0) is 21.5. The normalized spacial score (nSPS) is 21.6. The van der Waals surface area contributed by atoms with E-state index < -0.39 is 6.10 Å². The third-order valence-corrected chi connectivity index (χ3v) is 5.19. The van der Waals surface area contributed by atoms with E-state index in [-0.39, 0.29) is 24.7 Å². The van der Waals surface area contributed by atoms with Gasteiger partial charge in [-0.1, -0.05) is 17.3 Å². The smallest absolute Gasteiger partial charge is 0.234 e. The molecule has 1 amide bonds. The molecule has 2 aromatic rings. The molecule has 3 atom stereocenters. The van der Waals surface area contributed by atoms with Crippen molar-refractivity contribution in [3.8, 4) is 17.0 Å². The SMILES string of the molecule is COc1cccc(-c2cn(CC[C@@H]3CC[C@@H](NC(=O)CN(C)C)[C@H](CO)O3)nn2)c1. The van der Waals surface area contributed by atoms with Gasteiger partial charge in [0.15, 0.2) is 0 Å². The quantitative estimate of drug-likeness (QED) is 0.626. The molecule has 0 unspecified atom stereocenters. The molecule has 9 heteroatoms. The first kappa shape index (κ1) is 22.2. The molecule has 1 aliphatic rings. The summed E-state index contributed by atoms with van der Waals surface area (Å²) in [4.78, 5) is 13.8. The third kappa shape index (κ3) is 6.01. The van der Waals surface area contributed by atoms with Gasteiger partial charge in [-0.15, -0.1) is 5.10 Å². The topological polar surface area (TPSA) is 102 Å². The molecule has 1 aromatic carbocycles. The first-order valence-electron chi connectivity index (χ1n) is 10.2. The number of likely N-dealkylation sites (N-methyl/N-ethyl adjacent to an activating group) is 1. The molecule has 2 heterocycles. The number of aromatic nitrogens is 3. The van der Waals surface area contributed by atoms with Crippen molar-refractivity contribution in [1.29, 1.82) is 0 Å². The fourth-order valence-electron chi connectivity index (χ4n) is 3.65. The molecule has 30 heavy (non-hydrogen) atoms. The number of nitrogens with one attached hydrogen (secondary N) is 1. The van der Waals surface area contributed by atoms with Crippen LogP contribution >= 0.6 is 0 Å². The maximum absolute atomic E-state index is 12.0. The second kappa shape index (κ2) is 10.5. The van der Waals surface area contributed by atoms with Crippen LogP contribution in [0.4, 0.5) is 0 Å². The number of carbonyl (C=O) groups excluding carboxylic acids is 1. The third-order valence-electron chi connectivity index (χ3n) is 5.19. The maximum Gasteiger partial charge on any atom is 0.234 e. The molecule has 9 nitrogen and oxygen atoms in total. The molecule has 1 aromatic heterocycles. The molecule has 0 bridgehead atoms. The summed E-state index contributed by atoms with van der Waals surface area (Å²) in [5, 5.41) is 21.1. The van der Waals surface area contributed by atoms with Gasteiger partial charge in [0.25, 0.3) is 0 Å². The van der Waals surface area contributed by atoms with Gasteiger partial charge in [0, 0.05) is 12.1 Å². The van der Waals surface area contributed by atoms with Crippen LogP contribution in [0, 0.1) is 0 Å². The molecule has 0 saturated carbocycles. The number of amides is 1. The van der Waals surface area contributed by atoms with Crippen LogP contribution < -0.4 is 10.1 Å². The molecule has 1 fully saturated rings. The lowest BCUT2D eigenvalue weighted by molar-refractivity contribution is -0.129. The van der Waals surface area contributed by atoms with Gasteiger partial charge in [-0.3, -0.25) is 9.48 Å². The lowest BCUT2D eigenvalue weighted by Gasteiger charge is -2.36. The number of carbonyl (C=O) groups is 1. The minimum atomic E-state index is -0.391. The molecular formula is C21H31N5O4. The highest BCUT2D eigenvalue weighted by atomic mass is 16.5. The fourth-order valence-corrected chi connectivity index (χ4v) is 3.65. The summed E-state index contributed by atoms with van der Waals surface area (Å²) in [6.07, 6.45) is 3.88. The lowest BCUT2D eigenvalue weighted by Crippen LogP contribution is -2.52. The second-order valence-electron chi connectivity index (χ2n) is 7.86. The van der Waals surface area contributed by atoms with Gasteiger partial charge in [-0.05, 0) is 45.5 Å². The predicted molar refractivity (Wildman–Crippen MR) is 112 cm³/mol. The van der Waals surface area contributed by atoms with Gasteiger partial charge >= 0.3 is 0 Å². The van der Waals surface area contributed by atoms with Crippen molar-refractivity contribution in [3.63, 3.8) is 0 Å². The lowest BCUT2D eigenvalue weighted by atomic mass is 9.97. The molecular weight excluding hydrogens is 386 g/mol. The van der Waals surface area contributed by atoms with Crippen LogP contribution in [-0.2, 0) is 16.1 Å². The Kier molecular flexibility index (Phi) is 7.78. The highest BCUT2D eigenvalue weighted by Crippen LogP contribution is 2.24. The van der Waals surface area contributed by atoms with Gasteiger partial charge in [-0.25, -0.2) is 0 Å². The van der Waals surface area contributed by atoms with Crippen molar-refractivity contribution in [3.05, 3.63) is 30.5 Å². The van der Waals surface area contributed by atoms with E-state index in [0.29, 0.717) is 13.1 Å². The Labute approximate surface area is 177 Å². The minimum Gasteiger partial charge on any atom is -0.497 e. The highest BCUT2D eigenvalue weighted by Gasteiger charge is 2.31. The van der Waals surface area contributed by atoms with Crippen molar-refractivity contribution in [2.75, 3.05) is 34.4 Å². The van der Waals surface area contributed by atoms with E-state index in [4.69, 9.17) is 9.47 Å². The summed E-state index contributed by atoms with van der Waals surface area (Å²) in [7, 11) is 5.33. The second-order valence-corrected chi connectivity index (χ2v) is 7.86. The Morgan fingerprint density at radius 1 is 1.40 bits per heavy atom. The van der Waals surface area contributed by atoms with Crippen molar-refractivity contribution in [2.24, 2.45) is 0 Å². The van der Waals surface area contributed by atoms with Crippen LogP contribution in [0.5, 0.6) is 5.75 Å². The van der Waals surface area contributed by atoms with E-state index in [2.05, 4.69) is 15.6 Å². The number of hydrogen-bond donors (Lipinski definition) is 2. The Hall–Kier alpha value is -2.49. The number of methoxy groups -OCH3 is 1. The number of nitrogens with zero attached hydrogens (tertiary/aromatic N) is 4. The minimum absolute atomic E-state index is 0.00798. The number of aryl methyl sites for hydroxylation is 1. The van der Waals surface area contributed by atoms with Gasteiger partial charge < -0.3 is 24.8 Å². The van der Waals surface area contributed by atoms with Crippen LogP contribution in [0.15, 0.2) is 30.5 Å². The predicted octanol–water partition coefficient (Wildman–Crippen LogP) is 0.930. The Morgan fingerprint density at radius 2 is 2.23 bits per heavy atom. The number of benzene rings is 1. The van der Waals surface area contributed by atoms with Crippen LogP contribution in [-0.4, -0.2) is 83.5 Å². The molecule has 2 N–H and O–H groups in total. The molecule has 0 spiro atoms. The molecule has 1 aliphatic heterocycles. The van der Waals surface area contributed by atoms with Crippen molar-refractivity contribution in [2.45, 2.75) is 44.1 Å². The molecule has 164 valence electrons. The number of aliphatic hydroxyl groups is 1. The fraction of sp³-hybridized carbons (Fsp3) is 0.571. The van der Waals surface area contributed by atoms with Gasteiger partial charge in [-0.2, -0.15) is 0 Å². The zero-order valence-corrected chi connectivity index (χ0v) is 17.8. The molecule has 1 saturated heterocycles. The first-order chi connectivity index (χ1) is 14.5. The summed E-state index contributed by atoms with van der Waals surface area (Å²) in [6.45, 7) is 0.865. The summed E-state index contributed by atoms with van der Waals surface area (Å²) in [6, 6.07) is 7.55. The van der Waals surface area contributed by atoms with E-state index >= 15 is 0 Å². The molecule has 3 rings (SSSR count). The van der Waals surface area contributed by atoms with E-state index in [1.54, 1.807) is 11.8 Å². The zero-order valence-electron chi connectivity index (χ0n) is 17.8. The Morgan fingerprint density at radius 3 is 2.97 bits per heavy atom. The van der Waals surface area contributed by atoms with Crippen molar-refractivity contribution in [1.82, 2.24) is 25.2 Å². The Bertz CT molecular complexity index is 825. The first-order valence-corrected chi connectivity index (χ1v) is 10.2. The van der Waals surface area contributed by atoms with E-state index in [1.807, 2.05) is 49.5 Å². The average molecular weight is 418 g/mol. The van der Waals surface area contributed by atoms with E-state index in [9.17, 15) is 9.90 Å². The summed E-state index contributed by atoms with van der Waals surface area (Å²) >= 11 is 0. The molecule has 0 aliphatic carbocycles. The highest BCUT2D eigenvalue weighted by molar-refractivity contribution is 5.78. The van der Waals surface area contributed by atoms with Gasteiger partial charge in [0.1, 0.15) is 17.5 Å². The number of rotatable bonds is 9. The van der Waals surface area contributed by atoms with Crippen LogP contribution in [0.2, 0.25) is 0 Å². The number of aliphatic hydroxyl groups excluding tert-OH is 1. The number of hydrogen-bond acceptors (Lipinski definition) is 7. The van der Waals surface area contributed by atoms with Gasteiger partial charge in [0.05, 0.1) is 38.6 Å². The maximum atomic E-state index is 12.0. The number of ether oxygens (including phenoxy) is 2. The monoisotopic (exact) mass is 417 g/mol. The molecule has 0 radical (unpaired) electrons. The Balaban J connectivity index is 1.51. The summed E-state index contributed by atoms with van der Waals surface area (Å²) in [5.74, 6) is 0.720. The van der Waals surface area contributed by atoms with Crippen LogP contribution in [0.3, 0.4) is 0 Å². The summed E-state index contributed by atoms with van der Waals surface area (Å²) in [5.41, 5.74) is 1.74. The standard InChI is InChI=1S/C21H31N5O4/c1-25(2)13-21(28)22-18-8-7-16(30-20(18)14-27)9-10-26-12-19(23-24-26)15-5-4-6-17(11-15)29-3/h4-6,11-12,16,18,20,27H,7-10,13-14H2,1-3H3,(H,22,28)/t16-,18+,20-/m0/s1. The average Bonchev–Trinajstić information content (AvgIpc) is 3.21.